The largest absolute Gasteiger partial charge is 0.328 e. The number of para-hydroxylation sites is 2. The Kier molecular flexibility index (Phi) is 9.04. The minimum absolute atomic E-state index is 0.110. The molecule has 1 unspecified atom stereocenters. The third-order valence-corrected chi connectivity index (χ3v) is 7.30. The highest BCUT2D eigenvalue weighted by Gasteiger charge is 2.34. The van der Waals surface area contributed by atoms with Gasteiger partial charge in [-0.15, -0.1) is 0 Å². The molecule has 1 amide bonds. The summed E-state index contributed by atoms with van der Waals surface area (Å²) in [4.78, 5) is 19.7. The van der Waals surface area contributed by atoms with Crippen LogP contribution in [0.1, 0.15) is 89.3 Å². The molecule has 1 aromatic heterocycles. The molecule has 2 heterocycles. The zero-order chi connectivity index (χ0) is 23.8. The highest BCUT2D eigenvalue weighted by molar-refractivity contribution is 6.30. The summed E-state index contributed by atoms with van der Waals surface area (Å²) in [7, 11) is 0. The molecular weight excluding hydrogens is 442 g/mol. The molecule has 5 heteroatoms. The summed E-state index contributed by atoms with van der Waals surface area (Å²) in [6.07, 6.45) is 13.8. The van der Waals surface area contributed by atoms with Crippen LogP contribution < -0.4 is 4.90 Å². The number of aryl methyl sites for hydroxylation is 1. The first-order valence-corrected chi connectivity index (χ1v) is 13.6. The molecule has 4 rings (SSSR count). The van der Waals surface area contributed by atoms with Gasteiger partial charge in [0.25, 0.3) is 0 Å². The van der Waals surface area contributed by atoms with Gasteiger partial charge in [-0.05, 0) is 42.8 Å². The van der Waals surface area contributed by atoms with E-state index in [4.69, 9.17) is 16.6 Å². The summed E-state index contributed by atoms with van der Waals surface area (Å²) in [5.74, 6) is 1.32. The van der Waals surface area contributed by atoms with E-state index in [1.165, 1.54) is 63.3 Å². The predicted molar refractivity (Wildman–Crippen MR) is 143 cm³/mol. The number of fused-ring (bicyclic) bond motifs is 1. The van der Waals surface area contributed by atoms with Gasteiger partial charge >= 0.3 is 0 Å². The van der Waals surface area contributed by atoms with Gasteiger partial charge < -0.3 is 9.47 Å². The number of benzene rings is 2. The quantitative estimate of drug-likeness (QED) is 0.232. The Bertz CT molecular complexity index is 1060. The number of carbonyl (C=O) groups excluding carboxylic acids is 1. The average Bonchev–Trinajstić information content (AvgIpc) is 3.41. The summed E-state index contributed by atoms with van der Waals surface area (Å²) in [6.45, 7) is 3.91. The van der Waals surface area contributed by atoms with E-state index in [-0.39, 0.29) is 11.8 Å². The van der Waals surface area contributed by atoms with Crippen molar-refractivity contribution in [3.05, 3.63) is 59.4 Å². The Morgan fingerprint density at radius 3 is 2.24 bits per heavy atom. The molecule has 0 N–H and O–H groups in total. The van der Waals surface area contributed by atoms with Crippen LogP contribution in [0.25, 0.3) is 11.0 Å². The van der Waals surface area contributed by atoms with Gasteiger partial charge in [0.05, 0.1) is 11.0 Å². The monoisotopic (exact) mass is 479 g/mol. The molecule has 0 saturated carbocycles. The van der Waals surface area contributed by atoms with E-state index in [1.807, 2.05) is 35.2 Å². The first-order chi connectivity index (χ1) is 16.7. The number of hydrogen-bond donors (Lipinski definition) is 0. The highest BCUT2D eigenvalue weighted by Crippen LogP contribution is 2.34. The minimum Gasteiger partial charge on any atom is -0.328 e. The maximum atomic E-state index is 12.9. The second-order valence-electron chi connectivity index (χ2n) is 9.67. The summed E-state index contributed by atoms with van der Waals surface area (Å²) in [5, 5.41) is 0.685. The second-order valence-corrected chi connectivity index (χ2v) is 10.1. The normalized spacial score (nSPS) is 16.1. The van der Waals surface area contributed by atoms with Crippen molar-refractivity contribution in [2.24, 2.45) is 0 Å². The summed E-state index contributed by atoms with van der Waals surface area (Å²) >= 11 is 6.04. The van der Waals surface area contributed by atoms with E-state index >= 15 is 0 Å². The van der Waals surface area contributed by atoms with Gasteiger partial charge in [0.15, 0.2) is 0 Å². The zero-order valence-corrected chi connectivity index (χ0v) is 21.3. The third kappa shape index (κ3) is 6.21. The number of halogens is 1. The Morgan fingerprint density at radius 1 is 0.882 bits per heavy atom. The lowest BCUT2D eigenvalue weighted by Crippen LogP contribution is -2.24. The number of hydrogen-bond acceptors (Lipinski definition) is 2. The number of amides is 1. The molecule has 0 spiro atoms. The second kappa shape index (κ2) is 12.4. The van der Waals surface area contributed by atoms with Crippen molar-refractivity contribution >= 4 is 34.2 Å². The Hall–Kier alpha value is -2.33. The number of imidazole rings is 1. The van der Waals surface area contributed by atoms with Crippen LogP contribution in [0.3, 0.4) is 0 Å². The van der Waals surface area contributed by atoms with E-state index in [0.29, 0.717) is 18.0 Å². The van der Waals surface area contributed by atoms with Crippen LogP contribution in [0.5, 0.6) is 0 Å². The number of anilines is 1. The Morgan fingerprint density at radius 2 is 1.53 bits per heavy atom. The van der Waals surface area contributed by atoms with Gasteiger partial charge in [-0.25, -0.2) is 4.98 Å². The number of nitrogens with zero attached hydrogens (tertiary/aromatic N) is 3. The van der Waals surface area contributed by atoms with Gasteiger partial charge in [-0.3, -0.25) is 4.79 Å². The van der Waals surface area contributed by atoms with Crippen molar-refractivity contribution in [2.75, 3.05) is 11.4 Å². The van der Waals surface area contributed by atoms with Crippen molar-refractivity contribution in [3.8, 4) is 0 Å². The van der Waals surface area contributed by atoms with Crippen LogP contribution in [0, 0.1) is 0 Å². The van der Waals surface area contributed by atoms with Crippen molar-refractivity contribution in [2.45, 2.75) is 90.0 Å². The molecule has 4 nitrogen and oxygen atoms in total. The van der Waals surface area contributed by atoms with Crippen LogP contribution in [0.2, 0.25) is 5.02 Å². The molecule has 34 heavy (non-hydrogen) atoms. The standard InChI is InChI=1S/C29H38ClN3O/c1-2-3-4-5-6-7-8-9-10-13-20-32-27-15-12-11-14-26(27)31-29(32)23-21-28(34)33(22-23)25-18-16-24(30)17-19-25/h11-12,14-19,23H,2-10,13,20-22H2,1H3. The van der Waals surface area contributed by atoms with Crippen LogP contribution in [0.4, 0.5) is 5.69 Å². The summed E-state index contributed by atoms with van der Waals surface area (Å²) in [6, 6.07) is 15.9. The Labute approximate surface area is 209 Å². The minimum atomic E-state index is 0.110. The maximum absolute atomic E-state index is 12.9. The van der Waals surface area contributed by atoms with Crippen molar-refractivity contribution < 1.29 is 4.79 Å². The molecular formula is C29H38ClN3O. The maximum Gasteiger partial charge on any atom is 0.227 e. The van der Waals surface area contributed by atoms with Crippen LogP contribution >= 0.6 is 11.6 Å². The summed E-state index contributed by atoms with van der Waals surface area (Å²) in [5.41, 5.74) is 3.13. The van der Waals surface area contributed by atoms with Crippen LogP contribution in [0.15, 0.2) is 48.5 Å². The fraction of sp³-hybridized carbons (Fsp3) is 0.517. The van der Waals surface area contributed by atoms with Gasteiger partial charge in [0, 0.05) is 36.1 Å². The van der Waals surface area contributed by atoms with E-state index < -0.39 is 0 Å². The average molecular weight is 480 g/mol. The SMILES string of the molecule is CCCCCCCCCCCCn1c(C2CC(=O)N(c3ccc(Cl)cc3)C2)nc2ccccc21. The Balaban J connectivity index is 1.36. The fourth-order valence-electron chi connectivity index (χ4n) is 5.15. The van der Waals surface area contributed by atoms with Gasteiger partial charge in [-0.1, -0.05) is 88.4 Å². The third-order valence-electron chi connectivity index (χ3n) is 7.05. The van der Waals surface area contributed by atoms with Crippen LogP contribution in [-0.4, -0.2) is 22.0 Å². The molecule has 3 aromatic rings. The van der Waals surface area contributed by atoms with E-state index in [1.54, 1.807) is 0 Å². The molecule has 2 aromatic carbocycles. The van der Waals surface area contributed by atoms with Crippen molar-refractivity contribution in [1.29, 1.82) is 0 Å². The first kappa shape index (κ1) is 24.8. The molecule has 0 radical (unpaired) electrons. The molecule has 1 saturated heterocycles. The lowest BCUT2D eigenvalue weighted by atomic mass is 10.1. The predicted octanol–water partition coefficient (Wildman–Crippen LogP) is 8.13. The fourth-order valence-corrected chi connectivity index (χ4v) is 5.28. The summed E-state index contributed by atoms with van der Waals surface area (Å²) < 4.78 is 2.38. The molecule has 0 aliphatic carbocycles. The smallest absolute Gasteiger partial charge is 0.227 e. The zero-order valence-electron chi connectivity index (χ0n) is 20.5. The lowest BCUT2D eigenvalue weighted by molar-refractivity contribution is -0.117. The number of rotatable bonds is 13. The van der Waals surface area contributed by atoms with Gasteiger partial charge in [0.2, 0.25) is 5.91 Å². The lowest BCUT2D eigenvalue weighted by Gasteiger charge is -2.17. The molecule has 1 aliphatic rings. The van der Waals surface area contributed by atoms with E-state index in [0.717, 1.165) is 30.0 Å². The number of carbonyl (C=O) groups is 1. The van der Waals surface area contributed by atoms with Gasteiger partial charge in [0.1, 0.15) is 5.82 Å². The van der Waals surface area contributed by atoms with Gasteiger partial charge in [-0.2, -0.15) is 0 Å². The number of aromatic nitrogens is 2. The molecule has 182 valence electrons. The van der Waals surface area contributed by atoms with Crippen molar-refractivity contribution in [1.82, 2.24) is 9.55 Å². The first-order valence-electron chi connectivity index (χ1n) is 13.2. The van der Waals surface area contributed by atoms with E-state index in [2.05, 4.69) is 29.7 Å². The molecule has 1 aliphatic heterocycles. The highest BCUT2D eigenvalue weighted by atomic mass is 35.5. The van der Waals surface area contributed by atoms with E-state index in [9.17, 15) is 4.79 Å². The number of unbranched alkanes of at least 4 members (excludes halogenated alkanes) is 9. The molecule has 1 atom stereocenters. The topological polar surface area (TPSA) is 38.1 Å². The van der Waals surface area contributed by atoms with Crippen molar-refractivity contribution in [3.63, 3.8) is 0 Å². The molecule has 0 bridgehead atoms. The van der Waals surface area contributed by atoms with Crippen LogP contribution in [-0.2, 0) is 11.3 Å². The molecule has 1 fully saturated rings.